The number of thiophene rings is 1. The molecule has 2 rings (SSSR count). The molecule has 1 unspecified atom stereocenters. The molecule has 0 aliphatic rings. The molecule has 2 aromatic heterocycles. The lowest BCUT2D eigenvalue weighted by Crippen LogP contribution is -2.47. The number of carbonyl (C=O) groups excluding carboxylic acids is 2. The average molecular weight is 352 g/mol. The first-order valence-corrected chi connectivity index (χ1v) is 9.61. The second-order valence-corrected chi connectivity index (χ2v) is 6.92. The molecule has 0 radical (unpaired) electrons. The molecule has 1 atom stereocenters. The molecule has 2 amide bonds. The number of furan rings is 1. The van der Waals surface area contributed by atoms with Gasteiger partial charge in [0, 0.05) is 11.4 Å². The normalized spacial score (nSPS) is 11.9. The molecular formula is C16H20N2O3S2. The van der Waals surface area contributed by atoms with Crippen molar-refractivity contribution >= 4 is 34.9 Å². The molecule has 0 fully saturated rings. The van der Waals surface area contributed by atoms with Gasteiger partial charge in [-0.05, 0) is 48.4 Å². The van der Waals surface area contributed by atoms with E-state index in [-0.39, 0.29) is 17.6 Å². The summed E-state index contributed by atoms with van der Waals surface area (Å²) < 4.78 is 5.06. The fourth-order valence-electron chi connectivity index (χ4n) is 2.03. The Bertz CT molecular complexity index is 597. The maximum atomic E-state index is 12.3. The first-order valence-electron chi connectivity index (χ1n) is 7.34. The standard InChI is InChI=1S/C16H20N2O3S2/c1-22-11-7-13(18-16(20)14-5-2-9-21-14)15(19)17-8-6-12-4-3-10-23-12/h2-5,9-10,13H,6-8,11H2,1H3,(H,17,19)(H,18,20). The van der Waals surface area contributed by atoms with E-state index in [1.165, 1.54) is 11.1 Å². The van der Waals surface area contributed by atoms with Crippen molar-refractivity contribution in [3.63, 3.8) is 0 Å². The van der Waals surface area contributed by atoms with Gasteiger partial charge in [-0.25, -0.2) is 0 Å². The zero-order valence-electron chi connectivity index (χ0n) is 12.9. The van der Waals surface area contributed by atoms with Gasteiger partial charge in [-0.3, -0.25) is 9.59 Å². The third-order valence-electron chi connectivity index (χ3n) is 3.23. The fraction of sp³-hybridized carbons (Fsp3) is 0.375. The van der Waals surface area contributed by atoms with Gasteiger partial charge < -0.3 is 15.1 Å². The number of nitrogens with one attached hydrogen (secondary N) is 2. The van der Waals surface area contributed by atoms with E-state index in [1.807, 2.05) is 23.8 Å². The van der Waals surface area contributed by atoms with Crippen molar-refractivity contribution < 1.29 is 14.0 Å². The maximum absolute atomic E-state index is 12.3. The Morgan fingerprint density at radius 1 is 1.35 bits per heavy atom. The molecule has 5 nitrogen and oxygen atoms in total. The van der Waals surface area contributed by atoms with Crippen LogP contribution in [0, 0.1) is 0 Å². The molecule has 0 saturated heterocycles. The Balaban J connectivity index is 1.85. The number of carbonyl (C=O) groups is 2. The van der Waals surface area contributed by atoms with Crippen LogP contribution < -0.4 is 10.6 Å². The third-order valence-corrected chi connectivity index (χ3v) is 4.81. The Labute approximate surface area is 143 Å². The SMILES string of the molecule is CSCCC(NC(=O)c1ccco1)C(=O)NCCc1cccs1. The lowest BCUT2D eigenvalue weighted by atomic mass is 10.2. The van der Waals surface area contributed by atoms with Gasteiger partial charge in [0.2, 0.25) is 5.91 Å². The molecule has 2 heterocycles. The highest BCUT2D eigenvalue weighted by atomic mass is 32.2. The Morgan fingerprint density at radius 3 is 2.87 bits per heavy atom. The predicted molar refractivity (Wildman–Crippen MR) is 94.0 cm³/mol. The van der Waals surface area contributed by atoms with Gasteiger partial charge in [0.1, 0.15) is 6.04 Å². The minimum absolute atomic E-state index is 0.157. The minimum atomic E-state index is -0.552. The van der Waals surface area contributed by atoms with Gasteiger partial charge in [-0.1, -0.05) is 6.07 Å². The zero-order chi connectivity index (χ0) is 16.5. The van der Waals surface area contributed by atoms with Crippen molar-refractivity contribution in [2.45, 2.75) is 18.9 Å². The van der Waals surface area contributed by atoms with Crippen molar-refractivity contribution in [1.29, 1.82) is 0 Å². The predicted octanol–water partition coefficient (Wildman–Crippen LogP) is 2.55. The van der Waals surface area contributed by atoms with Crippen LogP contribution in [0.25, 0.3) is 0 Å². The van der Waals surface area contributed by atoms with Crippen molar-refractivity contribution in [2.24, 2.45) is 0 Å². The van der Waals surface area contributed by atoms with E-state index >= 15 is 0 Å². The smallest absolute Gasteiger partial charge is 0.287 e. The van der Waals surface area contributed by atoms with Gasteiger partial charge in [0.05, 0.1) is 6.26 Å². The van der Waals surface area contributed by atoms with Crippen LogP contribution in [-0.2, 0) is 11.2 Å². The minimum Gasteiger partial charge on any atom is -0.459 e. The summed E-state index contributed by atoms with van der Waals surface area (Å²) in [5.74, 6) is 0.483. The molecular weight excluding hydrogens is 332 g/mol. The van der Waals surface area contributed by atoms with Crippen molar-refractivity contribution in [3.05, 3.63) is 46.5 Å². The van der Waals surface area contributed by atoms with Crippen molar-refractivity contribution in [2.75, 3.05) is 18.6 Å². The monoisotopic (exact) mass is 352 g/mol. The maximum Gasteiger partial charge on any atom is 0.287 e. The van der Waals surface area contributed by atoms with Crippen molar-refractivity contribution in [3.8, 4) is 0 Å². The van der Waals surface area contributed by atoms with E-state index in [0.29, 0.717) is 13.0 Å². The van der Waals surface area contributed by atoms with Crippen LogP contribution in [0.15, 0.2) is 40.3 Å². The molecule has 2 N–H and O–H groups in total. The molecule has 0 spiro atoms. The van der Waals surface area contributed by atoms with Gasteiger partial charge in [0.25, 0.3) is 5.91 Å². The highest BCUT2D eigenvalue weighted by Crippen LogP contribution is 2.08. The van der Waals surface area contributed by atoms with Gasteiger partial charge in [-0.2, -0.15) is 11.8 Å². The first-order chi connectivity index (χ1) is 11.2. The van der Waals surface area contributed by atoms with Gasteiger partial charge >= 0.3 is 0 Å². The van der Waals surface area contributed by atoms with E-state index < -0.39 is 6.04 Å². The van der Waals surface area contributed by atoms with Crippen LogP contribution in [0.4, 0.5) is 0 Å². The Morgan fingerprint density at radius 2 is 2.22 bits per heavy atom. The van der Waals surface area contributed by atoms with Crippen molar-refractivity contribution in [1.82, 2.24) is 10.6 Å². The highest BCUT2D eigenvalue weighted by molar-refractivity contribution is 7.98. The summed E-state index contributed by atoms with van der Waals surface area (Å²) in [6.45, 7) is 0.561. The van der Waals surface area contributed by atoms with Crippen LogP contribution in [-0.4, -0.2) is 36.4 Å². The Hall–Kier alpha value is -1.73. The van der Waals surface area contributed by atoms with E-state index in [0.717, 1.165) is 12.2 Å². The van der Waals surface area contributed by atoms with Crippen LogP contribution in [0.2, 0.25) is 0 Å². The number of hydrogen-bond donors (Lipinski definition) is 2. The zero-order valence-corrected chi connectivity index (χ0v) is 14.5. The quantitative estimate of drug-likeness (QED) is 0.727. The number of thioether (sulfide) groups is 1. The first kappa shape index (κ1) is 17.6. The lowest BCUT2D eigenvalue weighted by molar-refractivity contribution is -0.122. The second-order valence-electron chi connectivity index (χ2n) is 4.91. The molecule has 2 aromatic rings. The number of hydrogen-bond acceptors (Lipinski definition) is 5. The molecule has 124 valence electrons. The molecule has 0 aliphatic heterocycles. The van der Waals surface area contributed by atoms with Gasteiger partial charge in [-0.15, -0.1) is 11.3 Å². The summed E-state index contributed by atoms with van der Waals surface area (Å²) in [4.78, 5) is 25.6. The highest BCUT2D eigenvalue weighted by Gasteiger charge is 2.21. The summed E-state index contributed by atoms with van der Waals surface area (Å²) >= 11 is 3.31. The molecule has 0 saturated carbocycles. The van der Waals surface area contributed by atoms with E-state index in [1.54, 1.807) is 35.2 Å². The fourth-order valence-corrected chi connectivity index (χ4v) is 3.21. The lowest BCUT2D eigenvalue weighted by Gasteiger charge is -2.17. The summed E-state index contributed by atoms with van der Waals surface area (Å²) in [6, 6.07) is 6.71. The van der Waals surface area contributed by atoms with Gasteiger partial charge in [0.15, 0.2) is 5.76 Å². The largest absolute Gasteiger partial charge is 0.459 e. The Kier molecular flexibility index (Phi) is 7.22. The average Bonchev–Trinajstić information content (AvgIpc) is 3.24. The number of rotatable bonds is 9. The van der Waals surface area contributed by atoms with Crippen LogP contribution >= 0.6 is 23.1 Å². The molecule has 0 bridgehead atoms. The molecule has 0 aliphatic carbocycles. The summed E-state index contributed by atoms with van der Waals surface area (Å²) in [6.07, 6.45) is 4.79. The summed E-state index contributed by atoms with van der Waals surface area (Å²) in [7, 11) is 0. The molecule has 0 aromatic carbocycles. The van der Waals surface area contributed by atoms with Crippen LogP contribution in [0.1, 0.15) is 21.9 Å². The third kappa shape index (κ3) is 5.76. The molecule has 7 heteroatoms. The molecule has 23 heavy (non-hydrogen) atoms. The topological polar surface area (TPSA) is 71.3 Å². The van der Waals surface area contributed by atoms with E-state index in [9.17, 15) is 9.59 Å². The second kappa shape index (κ2) is 9.42. The van der Waals surface area contributed by atoms with E-state index in [4.69, 9.17) is 4.42 Å². The van der Waals surface area contributed by atoms with Crippen LogP contribution in [0.3, 0.4) is 0 Å². The summed E-state index contributed by atoms with van der Waals surface area (Å²) in [5.41, 5.74) is 0. The summed E-state index contributed by atoms with van der Waals surface area (Å²) in [5, 5.41) is 7.65. The number of amides is 2. The van der Waals surface area contributed by atoms with E-state index in [2.05, 4.69) is 10.6 Å². The van der Waals surface area contributed by atoms with Crippen LogP contribution in [0.5, 0.6) is 0 Å².